The average Bonchev–Trinajstić information content (AvgIpc) is 1.54. The Balaban J connectivity index is 0.000000167. The van der Waals surface area contributed by atoms with E-state index in [-0.39, 0.29) is 83.9 Å². The summed E-state index contributed by atoms with van der Waals surface area (Å²) >= 11 is -6.47. The molecule has 692 valence electrons. The standard InChI is InChI=1S/C20H27B2F3N2O5.C14H15B2F3N2O5.C12H15B2F3N2O3.2C9H6F3N2O.3C4H9.3CH3.2Sn/c1-10-11(20(23,24)25)13(22-30-18(6,7)19(8,9)31-22)15-14(26-32-27-15)12(10)21-28-16(2,3)17(4,5)29-21;1-8-9(14(17,18)19)11(16-24-6-3-7-25-16)13-12(20-26-21-13)10(8)15-22-4-2-5-23-15;1-6-7(12(15,16)17)9(14(20-4)21-5)11-10(18-22-19-11)8(6)13(2)3;2*1-4-5(2)8-7(13-15-14-8)3-6(4)9(10,11)12;3*1-3-4-2;;;;;/h1-9H3;2-7H2,1H3;1-5H3;2*1-2H3;3*1,3-4H2,2H3;3*1H3;;. The maximum Gasteiger partial charge on any atom is 0.497 e. The van der Waals surface area contributed by atoms with Crippen molar-refractivity contribution < 1.29 is 136 Å². The van der Waals surface area contributed by atoms with Crippen molar-refractivity contribution in [1.29, 1.82) is 0 Å². The summed E-state index contributed by atoms with van der Waals surface area (Å²) < 4.78 is 293. The third kappa shape index (κ3) is 20.7. The number of unbranched alkanes of at least 4 members (excludes halogenated alkanes) is 3. The number of benzene rings is 5. The van der Waals surface area contributed by atoms with E-state index >= 15 is 0 Å². The van der Waals surface area contributed by atoms with E-state index in [1.807, 2.05) is 42.5 Å². The van der Waals surface area contributed by atoms with E-state index in [0.29, 0.717) is 96.2 Å². The summed E-state index contributed by atoms with van der Waals surface area (Å²) in [4.78, 5) is 5.80. The van der Waals surface area contributed by atoms with E-state index in [9.17, 15) is 65.9 Å². The molecule has 10 aromatic rings. The summed E-state index contributed by atoms with van der Waals surface area (Å²) in [5, 5.41) is 38.2. The maximum atomic E-state index is 14.5. The van der Waals surface area contributed by atoms with Gasteiger partial charge in [0.1, 0.15) is 33.1 Å². The van der Waals surface area contributed by atoms with Crippen LogP contribution in [0.2, 0.25) is 41.8 Å². The van der Waals surface area contributed by atoms with Gasteiger partial charge in [-0.05, 0) is 111 Å². The van der Waals surface area contributed by atoms with E-state index in [1.165, 1.54) is 41.9 Å². The molecule has 5 aromatic carbocycles. The molecule has 4 saturated heterocycles. The second-order valence-corrected chi connectivity index (χ2v) is 62.9. The molecule has 5 aromatic heterocycles. The third-order valence-corrected chi connectivity index (χ3v) is 46.1. The number of halogens is 15. The molecule has 0 aliphatic carbocycles. The van der Waals surface area contributed by atoms with Crippen molar-refractivity contribution >= 4 is 174 Å². The first-order valence-corrected chi connectivity index (χ1v) is 59.3. The van der Waals surface area contributed by atoms with E-state index < -0.39 is 153 Å². The van der Waals surface area contributed by atoms with Crippen LogP contribution in [0.3, 0.4) is 0 Å². The number of hydrogen-bond donors (Lipinski definition) is 0. The van der Waals surface area contributed by atoms with Gasteiger partial charge in [-0.3, -0.25) is 0 Å². The largest absolute Gasteiger partial charge is 0.497 e. The van der Waals surface area contributed by atoms with E-state index in [4.69, 9.17) is 60.4 Å². The number of alkyl halides is 15. The van der Waals surface area contributed by atoms with Crippen molar-refractivity contribution in [3.8, 4) is 0 Å². The molecule has 48 heteroatoms. The van der Waals surface area contributed by atoms with Gasteiger partial charge in [-0.2, -0.15) is 39.5 Å². The van der Waals surface area contributed by atoms with Crippen molar-refractivity contribution in [3.05, 3.63) is 66.8 Å². The summed E-state index contributed by atoms with van der Waals surface area (Å²) in [6.45, 7) is 36.0. The van der Waals surface area contributed by atoms with Crippen LogP contribution in [0.1, 0.15) is 194 Å². The quantitative estimate of drug-likeness (QED) is 0.0537. The van der Waals surface area contributed by atoms with Crippen LogP contribution in [0.4, 0.5) is 65.9 Å². The molecule has 0 atom stereocenters. The second kappa shape index (κ2) is 39.1. The van der Waals surface area contributed by atoms with Crippen LogP contribution in [0.15, 0.2) is 23.1 Å². The normalized spacial score (nSPS) is 16.9. The summed E-state index contributed by atoms with van der Waals surface area (Å²) in [5.74, 6) is 0. The van der Waals surface area contributed by atoms with Gasteiger partial charge in [-0.1, -0.05) is 44.6 Å². The molecular formula is C79H105B6F15N10O15Sn2. The van der Waals surface area contributed by atoms with E-state index in [2.05, 4.69) is 81.6 Å². The van der Waals surface area contributed by atoms with Crippen LogP contribution < -0.4 is 39.9 Å². The minimum absolute atomic E-state index is 0.00956. The Morgan fingerprint density at radius 1 is 0.339 bits per heavy atom. The Kier molecular flexibility index (Phi) is 31.6. The maximum absolute atomic E-state index is 14.5. The molecule has 4 fully saturated rings. The van der Waals surface area contributed by atoms with Crippen molar-refractivity contribution in [2.75, 3.05) is 40.6 Å². The van der Waals surface area contributed by atoms with Crippen LogP contribution in [0.5, 0.6) is 0 Å². The van der Waals surface area contributed by atoms with Gasteiger partial charge in [0.05, 0.1) is 39.1 Å². The molecular weight excluding hydrogens is 1920 g/mol. The van der Waals surface area contributed by atoms with Crippen LogP contribution >= 0.6 is 0 Å². The first-order chi connectivity index (χ1) is 58.9. The first-order valence-electron chi connectivity index (χ1n) is 41.9. The summed E-state index contributed by atoms with van der Waals surface area (Å²) in [6, 6.07) is 0. The molecule has 14 rings (SSSR count). The molecule has 0 amide bonds. The number of fused-ring (bicyclic) bond motifs is 5. The molecule has 4 aliphatic heterocycles. The van der Waals surface area contributed by atoms with Crippen molar-refractivity contribution in [3.63, 3.8) is 0 Å². The molecule has 4 aliphatic rings. The zero-order chi connectivity index (χ0) is 94.6. The van der Waals surface area contributed by atoms with Gasteiger partial charge in [0.25, 0.3) is 0 Å². The molecule has 0 bridgehead atoms. The Morgan fingerprint density at radius 2 is 0.614 bits per heavy atom. The van der Waals surface area contributed by atoms with Gasteiger partial charge in [-0.25, -0.2) is 13.9 Å². The SMILES string of the molecule is CCC[CH2][Sn]([CH2]CCC)([CH2]CCC)[c]1c(C(F)(F)F)c(C)c(C)c2nonc12.COB(OC)c1c(C(F)(F)F)c(C)c(B(C)C)c2nonc12.Cc1c(C(F)(F)F)[c]([Sn]([CH3])([CH3])[CH3])c2nonc2c1C.Cc1c(C(F)(F)F)c(B2OC(C)(C)C(C)(C)O2)c2nonc2c1B1OC(C)(C)C(C)(C)O1.Cc1c(C(F)(F)F)c(B2OCCCO2)c2nonc2c1B1OCCCO1. The topological polar surface area (TPSA) is 287 Å². The smallest absolute Gasteiger partial charge is 0.407 e. The molecule has 0 spiro atoms. The van der Waals surface area contributed by atoms with Crippen LogP contribution in [-0.2, 0) is 77.4 Å². The first kappa shape index (κ1) is 103. The molecule has 0 unspecified atom stereocenters. The van der Waals surface area contributed by atoms with Crippen LogP contribution in [0.25, 0.3) is 55.2 Å². The molecule has 0 radical (unpaired) electrons. The number of aromatic nitrogens is 10. The summed E-state index contributed by atoms with van der Waals surface area (Å²) in [6.07, 6.45) is -15.5. The molecule has 0 saturated carbocycles. The number of nitrogens with zero attached hydrogens (tertiary/aromatic N) is 10. The van der Waals surface area contributed by atoms with Crippen LogP contribution in [-0.4, -0.2) is 194 Å². The second-order valence-electron chi connectivity index (χ2n) is 35.6. The molecule has 127 heavy (non-hydrogen) atoms. The Bertz CT molecular complexity index is 5500. The zero-order valence-corrected chi connectivity index (χ0v) is 81.5. The van der Waals surface area contributed by atoms with Gasteiger partial charge >= 0.3 is 337 Å². The van der Waals surface area contributed by atoms with Crippen molar-refractivity contribution in [1.82, 2.24) is 51.6 Å². The van der Waals surface area contributed by atoms with Gasteiger partial charge in [0.2, 0.25) is 0 Å². The van der Waals surface area contributed by atoms with Gasteiger partial charge in [0.15, 0.2) is 6.71 Å². The predicted octanol–water partition coefficient (Wildman–Crippen LogP) is 15.8. The fourth-order valence-electron chi connectivity index (χ4n) is 16.9. The third-order valence-electron chi connectivity index (χ3n) is 24.7. The van der Waals surface area contributed by atoms with Gasteiger partial charge in [-0.15, -0.1) is 0 Å². The van der Waals surface area contributed by atoms with Gasteiger partial charge < -0.3 is 46.5 Å². The molecule has 0 N–H and O–H groups in total. The Labute approximate surface area is 735 Å². The fourth-order valence-corrected chi connectivity index (χ4v) is 40.0. The minimum atomic E-state index is -4.73. The van der Waals surface area contributed by atoms with Crippen molar-refractivity contribution in [2.45, 2.75) is 271 Å². The Morgan fingerprint density at radius 3 is 0.937 bits per heavy atom. The minimum Gasteiger partial charge on any atom is -0.407 e. The summed E-state index contributed by atoms with van der Waals surface area (Å²) in [7, 11) is -3.22. The number of rotatable bonds is 19. The number of hydrogen-bond acceptors (Lipinski definition) is 25. The van der Waals surface area contributed by atoms with Crippen molar-refractivity contribution in [2.24, 2.45) is 0 Å². The molecule has 9 heterocycles. The Hall–Kier alpha value is -6.36. The van der Waals surface area contributed by atoms with E-state index in [1.54, 1.807) is 62.1 Å². The monoisotopic (exact) mass is 2020 g/mol. The average molecular weight is 2020 g/mol. The number of aryl methyl sites for hydroxylation is 2. The fraction of sp³-hybridized carbons (Fsp3) is 0.620. The van der Waals surface area contributed by atoms with Crippen LogP contribution in [0, 0.1) is 48.5 Å². The van der Waals surface area contributed by atoms with E-state index in [0.717, 1.165) is 51.8 Å². The molecule has 25 nitrogen and oxygen atoms in total. The summed E-state index contributed by atoms with van der Waals surface area (Å²) in [5.41, 5.74) is -3.07. The zero-order valence-electron chi connectivity index (χ0n) is 75.8. The predicted molar refractivity (Wildman–Crippen MR) is 456 cm³/mol. The van der Waals surface area contributed by atoms with Gasteiger partial charge in [0, 0.05) is 68.0 Å².